The largest absolute Gasteiger partial charge is 0.501 e. The molecule has 2 heteroatoms. The third-order valence-corrected chi connectivity index (χ3v) is 4.43. The molecule has 0 aromatic carbocycles. The third kappa shape index (κ3) is 1.69. The predicted molar refractivity (Wildman–Crippen MR) is 58.2 cm³/mol. The van der Waals surface area contributed by atoms with Gasteiger partial charge in [0, 0.05) is 0 Å². The Hall–Kier alpha value is -0.500. The Balaban J connectivity index is 1.65. The second-order valence-corrected chi connectivity index (χ2v) is 5.30. The molecule has 3 aliphatic rings. The van der Waals surface area contributed by atoms with Crippen molar-refractivity contribution in [3.8, 4) is 0 Å². The van der Waals surface area contributed by atoms with Crippen LogP contribution in [0.1, 0.15) is 38.5 Å². The second-order valence-electron chi connectivity index (χ2n) is 5.30. The molecule has 1 aliphatic heterocycles. The molecule has 0 bridgehead atoms. The monoisotopic (exact) mass is 208 g/mol. The molecule has 3 rings (SSSR count). The van der Waals surface area contributed by atoms with Crippen LogP contribution in [0.25, 0.3) is 0 Å². The van der Waals surface area contributed by atoms with E-state index in [-0.39, 0.29) is 6.10 Å². The van der Waals surface area contributed by atoms with E-state index < -0.39 is 0 Å². The van der Waals surface area contributed by atoms with Gasteiger partial charge in [-0.3, -0.25) is 0 Å². The summed E-state index contributed by atoms with van der Waals surface area (Å²) in [4.78, 5) is 0. The summed E-state index contributed by atoms with van der Waals surface area (Å²) in [6.45, 7) is 0.827. The fourth-order valence-electron chi connectivity index (χ4n) is 3.57. The molecule has 3 atom stereocenters. The van der Waals surface area contributed by atoms with Crippen molar-refractivity contribution in [3.05, 3.63) is 11.8 Å². The molecule has 1 heterocycles. The van der Waals surface area contributed by atoms with Gasteiger partial charge in [0.25, 0.3) is 0 Å². The van der Waals surface area contributed by atoms with E-state index in [1.54, 1.807) is 0 Å². The van der Waals surface area contributed by atoms with Gasteiger partial charge in [-0.05, 0) is 49.0 Å². The number of rotatable bonds is 2. The topological polar surface area (TPSA) is 29.5 Å². The average molecular weight is 208 g/mol. The van der Waals surface area contributed by atoms with Crippen molar-refractivity contribution >= 4 is 0 Å². The Kier molecular flexibility index (Phi) is 2.47. The van der Waals surface area contributed by atoms with Crippen LogP contribution in [0.2, 0.25) is 0 Å². The minimum atomic E-state index is -0.196. The molecule has 2 aliphatic carbocycles. The van der Waals surface area contributed by atoms with Crippen molar-refractivity contribution in [1.29, 1.82) is 0 Å². The summed E-state index contributed by atoms with van der Waals surface area (Å²) < 4.78 is 5.31. The maximum atomic E-state index is 10.3. The lowest BCUT2D eigenvalue weighted by atomic mass is 9.99. The van der Waals surface area contributed by atoms with Gasteiger partial charge in [0.1, 0.15) is 0 Å². The lowest BCUT2D eigenvalue weighted by Crippen LogP contribution is -2.18. The minimum absolute atomic E-state index is 0.196. The van der Waals surface area contributed by atoms with Crippen LogP contribution < -0.4 is 0 Å². The number of ether oxygens (including phenoxy) is 1. The van der Waals surface area contributed by atoms with E-state index in [4.69, 9.17) is 4.74 Å². The van der Waals surface area contributed by atoms with E-state index in [0.29, 0.717) is 5.92 Å². The van der Waals surface area contributed by atoms with Gasteiger partial charge >= 0.3 is 0 Å². The first-order valence-corrected chi connectivity index (χ1v) is 6.36. The molecule has 0 amide bonds. The highest BCUT2D eigenvalue weighted by atomic mass is 16.5. The van der Waals surface area contributed by atoms with Crippen LogP contribution in [0, 0.1) is 17.8 Å². The summed E-state index contributed by atoms with van der Waals surface area (Å²) in [5.74, 6) is 2.23. The Labute approximate surface area is 91.3 Å². The van der Waals surface area contributed by atoms with Gasteiger partial charge in [0.05, 0.1) is 19.0 Å². The molecule has 15 heavy (non-hydrogen) atoms. The summed E-state index contributed by atoms with van der Waals surface area (Å²) in [5, 5.41) is 10.3. The molecule has 2 nitrogen and oxygen atoms in total. The molecule has 0 saturated heterocycles. The quantitative estimate of drug-likeness (QED) is 0.755. The number of aliphatic hydroxyl groups excluding tert-OH is 1. The maximum Gasteiger partial charge on any atom is 0.0876 e. The molecular weight excluding hydrogens is 188 g/mol. The molecule has 1 N–H and O–H groups in total. The molecule has 0 radical (unpaired) electrons. The second kappa shape index (κ2) is 3.82. The highest BCUT2D eigenvalue weighted by Crippen LogP contribution is 2.58. The van der Waals surface area contributed by atoms with E-state index in [2.05, 4.69) is 0 Å². The van der Waals surface area contributed by atoms with Gasteiger partial charge in [0.2, 0.25) is 0 Å². The lowest BCUT2D eigenvalue weighted by molar-refractivity contribution is 0.145. The van der Waals surface area contributed by atoms with Gasteiger partial charge in [-0.25, -0.2) is 0 Å². The molecule has 2 fully saturated rings. The standard InChI is InChI=1S/C13H20O2/c14-13(9-4-3-7-15-8-9)12-10-5-1-2-6-11(10)12/h8,10-14H,1-7H2. The van der Waals surface area contributed by atoms with Gasteiger partial charge in [-0.1, -0.05) is 12.8 Å². The van der Waals surface area contributed by atoms with Crippen molar-refractivity contribution < 1.29 is 9.84 Å². The van der Waals surface area contributed by atoms with Crippen LogP contribution >= 0.6 is 0 Å². The zero-order valence-electron chi connectivity index (χ0n) is 9.19. The van der Waals surface area contributed by atoms with Crippen molar-refractivity contribution in [2.45, 2.75) is 44.6 Å². The summed E-state index contributed by atoms with van der Waals surface area (Å²) in [6, 6.07) is 0. The maximum absolute atomic E-state index is 10.3. The van der Waals surface area contributed by atoms with E-state index in [1.807, 2.05) is 6.26 Å². The van der Waals surface area contributed by atoms with Crippen molar-refractivity contribution in [2.75, 3.05) is 6.61 Å². The Morgan fingerprint density at radius 1 is 1.20 bits per heavy atom. The highest BCUT2D eigenvalue weighted by Gasteiger charge is 2.54. The Morgan fingerprint density at radius 2 is 1.93 bits per heavy atom. The van der Waals surface area contributed by atoms with Gasteiger partial charge < -0.3 is 9.84 Å². The zero-order valence-corrected chi connectivity index (χ0v) is 9.19. The molecular formula is C13H20O2. The van der Waals surface area contributed by atoms with Crippen molar-refractivity contribution in [1.82, 2.24) is 0 Å². The highest BCUT2D eigenvalue weighted by molar-refractivity contribution is 5.16. The fourth-order valence-corrected chi connectivity index (χ4v) is 3.57. The van der Waals surface area contributed by atoms with Crippen LogP contribution in [0.15, 0.2) is 11.8 Å². The van der Waals surface area contributed by atoms with Crippen LogP contribution in [0.3, 0.4) is 0 Å². The number of aliphatic hydroxyl groups is 1. The SMILES string of the molecule is OC(C1=COCCC1)C1C2CCCCC21. The van der Waals surface area contributed by atoms with Gasteiger partial charge in [-0.2, -0.15) is 0 Å². The third-order valence-electron chi connectivity index (χ3n) is 4.43. The first-order valence-electron chi connectivity index (χ1n) is 6.36. The summed E-state index contributed by atoms with van der Waals surface area (Å²) >= 11 is 0. The number of hydrogen-bond acceptors (Lipinski definition) is 2. The van der Waals surface area contributed by atoms with Crippen molar-refractivity contribution in [3.63, 3.8) is 0 Å². The fraction of sp³-hybridized carbons (Fsp3) is 0.846. The van der Waals surface area contributed by atoms with Crippen LogP contribution in [0.5, 0.6) is 0 Å². The molecule has 2 saturated carbocycles. The van der Waals surface area contributed by atoms with Crippen LogP contribution in [-0.2, 0) is 4.74 Å². The Bertz CT molecular complexity index is 260. The summed E-state index contributed by atoms with van der Waals surface area (Å²) in [5.41, 5.74) is 1.15. The summed E-state index contributed by atoms with van der Waals surface area (Å²) in [6.07, 6.45) is 9.18. The molecule has 0 aromatic rings. The molecule has 84 valence electrons. The predicted octanol–water partition coefficient (Wildman–Crippen LogP) is 2.48. The molecule has 0 aromatic heterocycles. The molecule has 3 unspecified atom stereocenters. The first-order chi connectivity index (χ1) is 7.38. The summed E-state index contributed by atoms with van der Waals surface area (Å²) in [7, 11) is 0. The first kappa shape index (κ1) is 9.71. The van der Waals surface area contributed by atoms with E-state index >= 15 is 0 Å². The Morgan fingerprint density at radius 3 is 2.53 bits per heavy atom. The smallest absolute Gasteiger partial charge is 0.0876 e. The minimum Gasteiger partial charge on any atom is -0.501 e. The average Bonchev–Trinajstić information content (AvgIpc) is 3.03. The van der Waals surface area contributed by atoms with Gasteiger partial charge in [0.15, 0.2) is 0 Å². The van der Waals surface area contributed by atoms with E-state index in [9.17, 15) is 5.11 Å². The van der Waals surface area contributed by atoms with Crippen LogP contribution in [-0.4, -0.2) is 17.8 Å². The zero-order chi connectivity index (χ0) is 10.3. The van der Waals surface area contributed by atoms with Crippen LogP contribution in [0.4, 0.5) is 0 Å². The van der Waals surface area contributed by atoms with Gasteiger partial charge in [-0.15, -0.1) is 0 Å². The van der Waals surface area contributed by atoms with E-state index in [0.717, 1.165) is 36.9 Å². The van der Waals surface area contributed by atoms with Crippen molar-refractivity contribution in [2.24, 2.45) is 17.8 Å². The normalized spacial score (nSPS) is 41.1. The number of hydrogen-bond donors (Lipinski definition) is 1. The lowest BCUT2D eigenvalue weighted by Gasteiger charge is -2.19. The number of fused-ring (bicyclic) bond motifs is 1. The van der Waals surface area contributed by atoms with E-state index in [1.165, 1.54) is 25.7 Å². The molecule has 0 spiro atoms.